The highest BCUT2D eigenvalue weighted by atomic mass is 16.5. The quantitative estimate of drug-likeness (QED) is 0.593. The fraction of sp³-hybridized carbons (Fsp3) is 0.286. The molecular formula is C14H18O. The van der Waals surface area contributed by atoms with Gasteiger partial charge in [-0.1, -0.05) is 18.2 Å². The van der Waals surface area contributed by atoms with Crippen molar-refractivity contribution in [2.24, 2.45) is 0 Å². The minimum absolute atomic E-state index is 0.123. The Labute approximate surface area is 92.1 Å². The third-order valence-corrected chi connectivity index (χ3v) is 2.17. The van der Waals surface area contributed by atoms with Crippen LogP contribution in [-0.2, 0) is 4.74 Å². The molecule has 0 spiro atoms. The zero-order valence-corrected chi connectivity index (χ0v) is 9.11. The first-order valence-corrected chi connectivity index (χ1v) is 5.20. The number of rotatable bonds is 6. The molecule has 0 amide bonds. The monoisotopic (exact) mass is 202 g/mol. The molecule has 0 saturated carbocycles. The third kappa shape index (κ3) is 3.62. The van der Waals surface area contributed by atoms with Crippen molar-refractivity contribution in [3.8, 4) is 0 Å². The average molecular weight is 202 g/mol. The molecule has 1 unspecified atom stereocenters. The molecule has 0 aromatic carbocycles. The number of ether oxygens (including phenoxy) is 1. The summed E-state index contributed by atoms with van der Waals surface area (Å²) in [5.74, 6) is 0.983. The van der Waals surface area contributed by atoms with Gasteiger partial charge in [0.05, 0.1) is 0 Å². The van der Waals surface area contributed by atoms with Gasteiger partial charge in [-0.05, 0) is 24.1 Å². The van der Waals surface area contributed by atoms with Gasteiger partial charge in [-0.15, -0.1) is 19.7 Å². The van der Waals surface area contributed by atoms with Gasteiger partial charge in [0.25, 0.3) is 0 Å². The number of hydrogen-bond donors (Lipinski definition) is 0. The lowest BCUT2D eigenvalue weighted by molar-refractivity contribution is 0.148. The summed E-state index contributed by atoms with van der Waals surface area (Å²) in [5, 5.41) is 0. The molecule has 1 heteroatoms. The third-order valence-electron chi connectivity index (χ3n) is 2.17. The van der Waals surface area contributed by atoms with Gasteiger partial charge in [-0.25, -0.2) is 0 Å². The smallest absolute Gasteiger partial charge is 0.120 e. The molecule has 0 aromatic rings. The summed E-state index contributed by atoms with van der Waals surface area (Å²) in [7, 11) is 0. The van der Waals surface area contributed by atoms with Gasteiger partial charge in [0.1, 0.15) is 11.9 Å². The van der Waals surface area contributed by atoms with Crippen LogP contribution in [0.4, 0.5) is 0 Å². The summed E-state index contributed by atoms with van der Waals surface area (Å²) in [5.41, 5.74) is 1.26. The van der Waals surface area contributed by atoms with Crippen molar-refractivity contribution in [3.05, 3.63) is 61.4 Å². The highest BCUT2D eigenvalue weighted by molar-refractivity contribution is 5.29. The predicted octanol–water partition coefficient (Wildman–Crippen LogP) is 3.92. The number of allylic oxidation sites excluding steroid dienone is 4. The second-order valence-electron chi connectivity index (χ2n) is 3.52. The standard InChI is InChI=1S/C14H18O/c1-4-7-12-10-13(8-5-2)15-14(11-12)9-6-3/h4-6,10-11,13H,1-3,7-9H2. The lowest BCUT2D eigenvalue weighted by Gasteiger charge is -2.22. The van der Waals surface area contributed by atoms with E-state index in [-0.39, 0.29) is 6.10 Å². The molecule has 1 aliphatic heterocycles. The molecule has 0 N–H and O–H groups in total. The summed E-state index contributed by atoms with van der Waals surface area (Å²) in [6, 6.07) is 0. The zero-order chi connectivity index (χ0) is 11.1. The molecule has 0 radical (unpaired) electrons. The predicted molar refractivity (Wildman–Crippen MR) is 65.5 cm³/mol. The minimum atomic E-state index is 0.123. The summed E-state index contributed by atoms with van der Waals surface area (Å²) in [4.78, 5) is 0. The Morgan fingerprint density at radius 2 is 1.87 bits per heavy atom. The molecule has 0 saturated heterocycles. The fourth-order valence-electron chi connectivity index (χ4n) is 1.58. The van der Waals surface area contributed by atoms with E-state index in [2.05, 4.69) is 31.9 Å². The van der Waals surface area contributed by atoms with Crippen LogP contribution in [-0.4, -0.2) is 6.10 Å². The fourth-order valence-corrected chi connectivity index (χ4v) is 1.58. The van der Waals surface area contributed by atoms with Crippen LogP contribution < -0.4 is 0 Å². The Hall–Kier alpha value is -1.50. The normalized spacial score (nSPS) is 19.6. The van der Waals surface area contributed by atoms with Crippen LogP contribution in [0.5, 0.6) is 0 Å². The Morgan fingerprint density at radius 1 is 1.13 bits per heavy atom. The highest BCUT2D eigenvalue weighted by Crippen LogP contribution is 2.23. The molecule has 1 heterocycles. The molecule has 80 valence electrons. The molecular weight excluding hydrogens is 184 g/mol. The Morgan fingerprint density at radius 3 is 2.47 bits per heavy atom. The highest BCUT2D eigenvalue weighted by Gasteiger charge is 2.13. The first kappa shape index (κ1) is 11.6. The van der Waals surface area contributed by atoms with E-state index in [4.69, 9.17) is 4.74 Å². The molecule has 0 fully saturated rings. The van der Waals surface area contributed by atoms with Crippen LogP contribution in [0.1, 0.15) is 19.3 Å². The van der Waals surface area contributed by atoms with E-state index in [1.54, 1.807) is 0 Å². The van der Waals surface area contributed by atoms with Gasteiger partial charge in [0.15, 0.2) is 0 Å². The first-order chi connectivity index (χ1) is 7.30. The topological polar surface area (TPSA) is 9.23 Å². The van der Waals surface area contributed by atoms with E-state index >= 15 is 0 Å². The van der Waals surface area contributed by atoms with Crippen LogP contribution in [0.15, 0.2) is 61.4 Å². The summed E-state index contributed by atoms with van der Waals surface area (Å²) >= 11 is 0. The number of hydrogen-bond acceptors (Lipinski definition) is 1. The van der Waals surface area contributed by atoms with Gasteiger partial charge >= 0.3 is 0 Å². The second kappa shape index (κ2) is 6.07. The Balaban J connectivity index is 2.75. The van der Waals surface area contributed by atoms with Crippen molar-refractivity contribution in [3.63, 3.8) is 0 Å². The van der Waals surface area contributed by atoms with Crippen LogP contribution in [0.3, 0.4) is 0 Å². The van der Waals surface area contributed by atoms with Gasteiger partial charge in [-0.2, -0.15) is 0 Å². The van der Waals surface area contributed by atoms with Crippen molar-refractivity contribution in [2.75, 3.05) is 0 Å². The maximum atomic E-state index is 5.75. The van der Waals surface area contributed by atoms with Gasteiger partial charge < -0.3 is 4.74 Å². The van der Waals surface area contributed by atoms with E-state index in [0.29, 0.717) is 0 Å². The minimum Gasteiger partial charge on any atom is -0.490 e. The van der Waals surface area contributed by atoms with Crippen LogP contribution in [0, 0.1) is 0 Å². The maximum absolute atomic E-state index is 5.75. The SMILES string of the molecule is C=CCC1=CC(CC=C)OC(CC=C)=C1. The lowest BCUT2D eigenvalue weighted by atomic mass is 10.0. The van der Waals surface area contributed by atoms with E-state index in [0.717, 1.165) is 25.0 Å². The molecule has 1 aliphatic rings. The van der Waals surface area contributed by atoms with E-state index < -0.39 is 0 Å². The van der Waals surface area contributed by atoms with Crippen molar-refractivity contribution >= 4 is 0 Å². The zero-order valence-electron chi connectivity index (χ0n) is 9.11. The largest absolute Gasteiger partial charge is 0.490 e. The lowest BCUT2D eigenvalue weighted by Crippen LogP contribution is -2.13. The Kier molecular flexibility index (Phi) is 4.69. The van der Waals surface area contributed by atoms with Crippen LogP contribution >= 0.6 is 0 Å². The van der Waals surface area contributed by atoms with Crippen molar-refractivity contribution in [1.82, 2.24) is 0 Å². The van der Waals surface area contributed by atoms with E-state index in [9.17, 15) is 0 Å². The molecule has 15 heavy (non-hydrogen) atoms. The molecule has 1 nitrogen and oxygen atoms in total. The molecule has 0 aromatic heterocycles. The van der Waals surface area contributed by atoms with E-state index in [1.807, 2.05) is 18.2 Å². The molecule has 1 atom stereocenters. The van der Waals surface area contributed by atoms with Crippen LogP contribution in [0.2, 0.25) is 0 Å². The van der Waals surface area contributed by atoms with Crippen LogP contribution in [0.25, 0.3) is 0 Å². The van der Waals surface area contributed by atoms with Crippen molar-refractivity contribution in [2.45, 2.75) is 25.4 Å². The van der Waals surface area contributed by atoms with Crippen molar-refractivity contribution < 1.29 is 4.74 Å². The Bertz CT molecular complexity index is 307. The summed E-state index contributed by atoms with van der Waals surface area (Å²) in [6.45, 7) is 11.2. The van der Waals surface area contributed by atoms with Gasteiger partial charge in [0.2, 0.25) is 0 Å². The average Bonchev–Trinajstić information content (AvgIpc) is 2.19. The van der Waals surface area contributed by atoms with Gasteiger partial charge in [-0.3, -0.25) is 0 Å². The second-order valence-corrected chi connectivity index (χ2v) is 3.52. The molecule has 1 rings (SSSR count). The first-order valence-electron chi connectivity index (χ1n) is 5.20. The van der Waals surface area contributed by atoms with Crippen molar-refractivity contribution in [1.29, 1.82) is 0 Å². The maximum Gasteiger partial charge on any atom is 0.120 e. The summed E-state index contributed by atoms with van der Waals surface area (Å²) in [6.07, 6.45) is 12.5. The van der Waals surface area contributed by atoms with Gasteiger partial charge in [0, 0.05) is 12.8 Å². The van der Waals surface area contributed by atoms with E-state index in [1.165, 1.54) is 5.57 Å². The summed E-state index contributed by atoms with van der Waals surface area (Å²) < 4.78 is 5.75. The molecule has 0 aliphatic carbocycles. The molecule has 0 bridgehead atoms.